The second kappa shape index (κ2) is 5.77. The van der Waals surface area contributed by atoms with Gasteiger partial charge in [0.15, 0.2) is 11.2 Å². The lowest BCUT2D eigenvalue weighted by Crippen LogP contribution is -2.34. The Morgan fingerprint density at radius 2 is 2.25 bits per heavy atom. The summed E-state index contributed by atoms with van der Waals surface area (Å²) in [4.78, 5) is 41.1. The zero-order valence-electron chi connectivity index (χ0n) is 10.9. The molecule has 2 heterocycles. The Balaban J connectivity index is 2.46. The van der Waals surface area contributed by atoms with E-state index in [0.717, 1.165) is 4.57 Å². The molecular formula is C11H13IN4O4. The van der Waals surface area contributed by atoms with Crippen LogP contribution in [0.2, 0.25) is 0 Å². The molecule has 0 amide bonds. The molecule has 8 nitrogen and oxygen atoms in total. The molecule has 0 saturated heterocycles. The van der Waals surface area contributed by atoms with Gasteiger partial charge in [-0.25, -0.2) is 9.78 Å². The molecule has 1 atom stereocenters. The predicted molar refractivity (Wildman–Crippen MR) is 80.0 cm³/mol. The van der Waals surface area contributed by atoms with E-state index in [4.69, 9.17) is 4.74 Å². The fourth-order valence-electron chi connectivity index (χ4n) is 1.84. The van der Waals surface area contributed by atoms with Crippen LogP contribution in [0.1, 0.15) is 6.92 Å². The molecule has 0 fully saturated rings. The lowest BCUT2D eigenvalue weighted by atomic mass is 10.4. The predicted octanol–water partition coefficient (Wildman–Crippen LogP) is -0.210. The SMILES string of the molecule is CC(=O)OC(CI)Cn1cnc2[nH]c(=O)n(C)c(=O)c21. The molecule has 2 aromatic rings. The third-order valence-corrected chi connectivity index (χ3v) is 3.76. The number of aromatic nitrogens is 4. The monoisotopic (exact) mass is 392 g/mol. The standard InChI is InChI=1S/C11H13IN4O4/c1-6(17)20-7(3-12)4-16-5-13-9-8(16)10(18)15(2)11(19)14-9/h5,7H,3-4H2,1-2H3,(H,14,19). The Kier molecular flexibility index (Phi) is 4.26. The van der Waals surface area contributed by atoms with Crippen molar-refractivity contribution in [1.29, 1.82) is 0 Å². The Bertz CT molecular complexity index is 760. The number of carbonyl (C=O) groups excluding carboxylic acids is 1. The summed E-state index contributed by atoms with van der Waals surface area (Å²) in [6.45, 7) is 1.64. The van der Waals surface area contributed by atoms with E-state index in [0.29, 0.717) is 11.0 Å². The molecule has 20 heavy (non-hydrogen) atoms. The third-order valence-electron chi connectivity index (χ3n) is 2.78. The van der Waals surface area contributed by atoms with E-state index in [1.165, 1.54) is 20.3 Å². The van der Waals surface area contributed by atoms with Crippen molar-refractivity contribution in [3.63, 3.8) is 0 Å². The van der Waals surface area contributed by atoms with Crippen molar-refractivity contribution in [2.24, 2.45) is 7.05 Å². The summed E-state index contributed by atoms with van der Waals surface area (Å²) in [5, 5.41) is 0. The Morgan fingerprint density at radius 3 is 2.85 bits per heavy atom. The lowest BCUT2D eigenvalue weighted by molar-refractivity contribution is -0.145. The molecule has 2 aromatic heterocycles. The van der Waals surface area contributed by atoms with Gasteiger partial charge in [0.05, 0.1) is 12.9 Å². The molecule has 2 rings (SSSR count). The second-order valence-electron chi connectivity index (χ2n) is 4.27. The molecule has 0 spiro atoms. The number of aromatic amines is 1. The largest absolute Gasteiger partial charge is 0.460 e. The van der Waals surface area contributed by atoms with E-state index in [2.05, 4.69) is 32.6 Å². The van der Waals surface area contributed by atoms with Gasteiger partial charge in [0.1, 0.15) is 6.10 Å². The Morgan fingerprint density at radius 1 is 1.55 bits per heavy atom. The minimum atomic E-state index is -0.516. The minimum Gasteiger partial charge on any atom is -0.460 e. The first-order valence-corrected chi connectivity index (χ1v) is 7.34. The number of nitrogens with one attached hydrogen (secondary N) is 1. The van der Waals surface area contributed by atoms with Gasteiger partial charge in [-0.3, -0.25) is 19.1 Å². The number of carbonyl (C=O) groups is 1. The summed E-state index contributed by atoms with van der Waals surface area (Å²) in [7, 11) is 1.39. The average molecular weight is 392 g/mol. The number of hydrogen-bond acceptors (Lipinski definition) is 5. The van der Waals surface area contributed by atoms with Crippen molar-refractivity contribution in [3.05, 3.63) is 27.2 Å². The molecule has 108 valence electrons. The van der Waals surface area contributed by atoms with Crippen molar-refractivity contribution in [1.82, 2.24) is 19.1 Å². The number of fused-ring (bicyclic) bond motifs is 1. The zero-order valence-corrected chi connectivity index (χ0v) is 13.1. The summed E-state index contributed by atoms with van der Waals surface area (Å²) in [6.07, 6.45) is 1.09. The number of nitrogens with zero attached hydrogens (tertiary/aromatic N) is 3. The Labute approximate surface area is 126 Å². The molecule has 1 N–H and O–H groups in total. The van der Waals surface area contributed by atoms with Crippen molar-refractivity contribution < 1.29 is 9.53 Å². The lowest BCUT2D eigenvalue weighted by Gasteiger charge is -2.15. The van der Waals surface area contributed by atoms with Gasteiger partial charge in [-0.05, 0) is 0 Å². The van der Waals surface area contributed by atoms with E-state index >= 15 is 0 Å². The van der Waals surface area contributed by atoms with Gasteiger partial charge in [-0.2, -0.15) is 0 Å². The molecule has 0 saturated carbocycles. The minimum absolute atomic E-state index is 0.230. The number of imidazole rings is 1. The van der Waals surface area contributed by atoms with Gasteiger partial charge >= 0.3 is 11.7 Å². The second-order valence-corrected chi connectivity index (χ2v) is 5.16. The molecule has 0 aromatic carbocycles. The summed E-state index contributed by atoms with van der Waals surface area (Å²) >= 11 is 2.10. The van der Waals surface area contributed by atoms with Crippen LogP contribution in [-0.4, -0.2) is 35.6 Å². The molecule has 0 aliphatic heterocycles. The first kappa shape index (κ1) is 14.8. The Hall–Kier alpha value is -1.65. The first-order valence-electron chi connectivity index (χ1n) is 5.81. The van der Waals surface area contributed by atoms with Crippen LogP contribution < -0.4 is 11.2 Å². The number of ether oxygens (including phenoxy) is 1. The highest BCUT2D eigenvalue weighted by Gasteiger charge is 2.16. The molecule has 0 radical (unpaired) electrons. The number of alkyl halides is 1. The van der Waals surface area contributed by atoms with Gasteiger partial charge in [-0.15, -0.1) is 0 Å². The quantitative estimate of drug-likeness (QED) is 0.441. The van der Waals surface area contributed by atoms with Crippen molar-refractivity contribution in [2.45, 2.75) is 19.6 Å². The first-order chi connectivity index (χ1) is 9.43. The van der Waals surface area contributed by atoms with Crippen LogP contribution in [0.5, 0.6) is 0 Å². The highest BCUT2D eigenvalue weighted by molar-refractivity contribution is 14.1. The van der Waals surface area contributed by atoms with Gasteiger partial charge < -0.3 is 9.30 Å². The van der Waals surface area contributed by atoms with Crippen LogP contribution in [0.25, 0.3) is 11.2 Å². The van der Waals surface area contributed by atoms with Crippen LogP contribution in [0.3, 0.4) is 0 Å². The van der Waals surface area contributed by atoms with Crippen LogP contribution >= 0.6 is 22.6 Å². The summed E-state index contributed by atoms with van der Waals surface area (Å²) in [5.74, 6) is -0.377. The van der Waals surface area contributed by atoms with Crippen molar-refractivity contribution >= 4 is 39.7 Å². The fraction of sp³-hybridized carbons (Fsp3) is 0.455. The van der Waals surface area contributed by atoms with Gasteiger partial charge in [-0.1, -0.05) is 22.6 Å². The highest BCUT2D eigenvalue weighted by Crippen LogP contribution is 2.08. The molecule has 0 aliphatic carbocycles. The van der Waals surface area contributed by atoms with Gasteiger partial charge in [0.2, 0.25) is 0 Å². The molecule has 0 bridgehead atoms. The average Bonchev–Trinajstić information content (AvgIpc) is 2.77. The van der Waals surface area contributed by atoms with Gasteiger partial charge in [0.25, 0.3) is 5.56 Å². The van der Waals surface area contributed by atoms with E-state index in [-0.39, 0.29) is 23.2 Å². The normalized spacial score (nSPS) is 12.6. The van der Waals surface area contributed by atoms with Crippen LogP contribution in [0.15, 0.2) is 15.9 Å². The molecule has 1 unspecified atom stereocenters. The summed E-state index contributed by atoms with van der Waals surface area (Å²) in [6, 6.07) is 0. The van der Waals surface area contributed by atoms with Crippen LogP contribution in [0, 0.1) is 0 Å². The molecule has 0 aliphatic rings. The van der Waals surface area contributed by atoms with Gasteiger partial charge in [0, 0.05) is 18.4 Å². The van der Waals surface area contributed by atoms with Crippen LogP contribution in [0.4, 0.5) is 0 Å². The maximum absolute atomic E-state index is 12.1. The number of halogens is 1. The number of rotatable bonds is 4. The third kappa shape index (κ3) is 2.76. The zero-order chi connectivity index (χ0) is 14.9. The highest BCUT2D eigenvalue weighted by atomic mass is 127. The topological polar surface area (TPSA) is 99.0 Å². The van der Waals surface area contributed by atoms with Crippen molar-refractivity contribution in [2.75, 3.05) is 4.43 Å². The van der Waals surface area contributed by atoms with E-state index in [1.54, 1.807) is 4.57 Å². The van der Waals surface area contributed by atoms with E-state index in [1.807, 2.05) is 0 Å². The van der Waals surface area contributed by atoms with E-state index in [9.17, 15) is 14.4 Å². The van der Waals surface area contributed by atoms with E-state index < -0.39 is 11.2 Å². The smallest absolute Gasteiger partial charge is 0.329 e. The summed E-state index contributed by atoms with van der Waals surface area (Å²) in [5.41, 5.74) is -0.434. The van der Waals surface area contributed by atoms with Crippen LogP contribution in [-0.2, 0) is 23.1 Å². The maximum atomic E-state index is 12.1. The summed E-state index contributed by atoms with van der Waals surface area (Å²) < 4.78 is 8.28. The number of esters is 1. The molecular weight excluding hydrogens is 379 g/mol. The fourth-order valence-corrected chi connectivity index (χ4v) is 2.30. The molecule has 9 heteroatoms. The number of hydrogen-bond donors (Lipinski definition) is 1. The van der Waals surface area contributed by atoms with Crippen molar-refractivity contribution in [3.8, 4) is 0 Å². The number of H-pyrrole nitrogens is 1. The maximum Gasteiger partial charge on any atom is 0.329 e.